The molecule has 1 aliphatic rings. The Bertz CT molecular complexity index is 501. The Hall–Kier alpha value is -1.78. The van der Waals surface area contributed by atoms with Gasteiger partial charge in [-0.3, -0.25) is 0 Å². The van der Waals surface area contributed by atoms with Crippen LogP contribution in [-0.2, 0) is 22.1 Å². The van der Waals surface area contributed by atoms with Crippen molar-refractivity contribution in [3.63, 3.8) is 0 Å². The minimum Gasteiger partial charge on any atom is -0.466 e. The predicted molar refractivity (Wildman–Crippen MR) is 55.1 cm³/mol. The van der Waals surface area contributed by atoms with E-state index < -0.39 is 17.7 Å². The number of ether oxygens (including phenoxy) is 1. The average Bonchev–Trinajstić information content (AvgIpc) is 2.69. The van der Waals surface area contributed by atoms with Crippen LogP contribution in [0.25, 0.3) is 6.08 Å². The van der Waals surface area contributed by atoms with Crippen LogP contribution in [0.3, 0.4) is 0 Å². The first kappa shape index (κ1) is 11.7. The molecule has 1 aromatic rings. The highest BCUT2D eigenvalue weighted by Crippen LogP contribution is 2.37. The fraction of sp³-hybridized carbons (Fsp3) is 0.250. The van der Waals surface area contributed by atoms with E-state index in [0.717, 1.165) is 6.07 Å². The van der Waals surface area contributed by atoms with Gasteiger partial charge >= 0.3 is 12.1 Å². The molecular formula is C12H9F3O2. The van der Waals surface area contributed by atoms with Crippen LogP contribution in [0.5, 0.6) is 0 Å². The second-order valence-electron chi connectivity index (χ2n) is 3.71. The Kier molecular flexibility index (Phi) is 2.69. The first-order valence-corrected chi connectivity index (χ1v) is 4.91. The summed E-state index contributed by atoms with van der Waals surface area (Å²) in [6.45, 7) is 0. The maximum Gasteiger partial charge on any atom is 0.416 e. The molecule has 0 amide bonds. The number of hydrogen-bond acceptors (Lipinski definition) is 2. The molecule has 1 aliphatic carbocycles. The molecule has 5 heteroatoms. The highest BCUT2D eigenvalue weighted by Gasteiger charge is 2.36. The molecule has 2 rings (SSSR count). The third-order valence-corrected chi connectivity index (χ3v) is 2.66. The fourth-order valence-corrected chi connectivity index (χ4v) is 1.89. The summed E-state index contributed by atoms with van der Waals surface area (Å²) < 4.78 is 42.6. The van der Waals surface area contributed by atoms with Gasteiger partial charge in [-0.1, -0.05) is 12.1 Å². The van der Waals surface area contributed by atoms with Crippen molar-refractivity contribution in [3.8, 4) is 0 Å². The molecule has 0 spiro atoms. The topological polar surface area (TPSA) is 26.3 Å². The molecule has 0 fully saturated rings. The van der Waals surface area contributed by atoms with Gasteiger partial charge < -0.3 is 4.74 Å². The zero-order valence-corrected chi connectivity index (χ0v) is 8.97. The van der Waals surface area contributed by atoms with Crippen molar-refractivity contribution < 1.29 is 22.7 Å². The van der Waals surface area contributed by atoms with Crippen LogP contribution in [0.2, 0.25) is 0 Å². The van der Waals surface area contributed by atoms with E-state index in [1.54, 1.807) is 6.07 Å². The maximum absolute atomic E-state index is 12.7. The van der Waals surface area contributed by atoms with Crippen LogP contribution in [0.15, 0.2) is 23.8 Å². The number of halogens is 3. The standard InChI is InChI=1S/C12H9F3O2/c1-17-11(16)8-5-7-3-2-4-10(9(7)6-8)12(13,14)15/h2-5H,6H2,1H3. The van der Waals surface area contributed by atoms with Crippen LogP contribution in [0, 0.1) is 0 Å². The second kappa shape index (κ2) is 3.91. The Balaban J connectivity index is 2.42. The summed E-state index contributed by atoms with van der Waals surface area (Å²) in [4.78, 5) is 11.3. The Morgan fingerprint density at radius 2 is 2.06 bits per heavy atom. The summed E-state index contributed by atoms with van der Waals surface area (Å²) in [6.07, 6.45) is -2.99. The van der Waals surface area contributed by atoms with Crippen molar-refractivity contribution in [2.24, 2.45) is 0 Å². The van der Waals surface area contributed by atoms with Crippen LogP contribution >= 0.6 is 0 Å². The van der Waals surface area contributed by atoms with Crippen LogP contribution in [-0.4, -0.2) is 13.1 Å². The van der Waals surface area contributed by atoms with Crippen LogP contribution in [0.4, 0.5) is 13.2 Å². The Labute approximate surface area is 95.7 Å². The molecule has 90 valence electrons. The van der Waals surface area contributed by atoms with Crippen molar-refractivity contribution in [1.82, 2.24) is 0 Å². The lowest BCUT2D eigenvalue weighted by molar-refractivity contribution is -0.139. The molecule has 1 aromatic carbocycles. The van der Waals surface area contributed by atoms with Gasteiger partial charge in [-0.25, -0.2) is 4.79 Å². The summed E-state index contributed by atoms with van der Waals surface area (Å²) in [6, 6.07) is 3.91. The largest absolute Gasteiger partial charge is 0.466 e. The summed E-state index contributed by atoms with van der Waals surface area (Å²) in [5.41, 5.74) is 0.130. The number of benzene rings is 1. The van der Waals surface area contributed by atoms with Gasteiger partial charge in [0.05, 0.1) is 12.7 Å². The number of carbonyl (C=O) groups excluding carboxylic acids is 1. The molecule has 17 heavy (non-hydrogen) atoms. The summed E-state index contributed by atoms with van der Waals surface area (Å²) in [5, 5.41) is 0. The van der Waals surface area contributed by atoms with Gasteiger partial charge in [-0.2, -0.15) is 13.2 Å². The van der Waals surface area contributed by atoms with Gasteiger partial charge in [0.25, 0.3) is 0 Å². The molecule has 0 aromatic heterocycles. The molecule has 2 nitrogen and oxygen atoms in total. The third kappa shape index (κ3) is 2.05. The molecule has 0 aliphatic heterocycles. The molecule has 0 saturated carbocycles. The van der Waals surface area contributed by atoms with Crippen LogP contribution in [0.1, 0.15) is 16.7 Å². The van der Waals surface area contributed by atoms with E-state index in [1.165, 1.54) is 19.3 Å². The van der Waals surface area contributed by atoms with Crippen molar-refractivity contribution in [2.75, 3.05) is 7.11 Å². The zero-order valence-electron chi connectivity index (χ0n) is 8.97. The number of alkyl halides is 3. The third-order valence-electron chi connectivity index (χ3n) is 2.66. The normalized spacial score (nSPS) is 14.2. The molecular weight excluding hydrogens is 233 g/mol. The first-order valence-electron chi connectivity index (χ1n) is 4.91. The van der Waals surface area contributed by atoms with Crippen molar-refractivity contribution >= 4 is 12.0 Å². The minimum absolute atomic E-state index is 0.0301. The summed E-state index contributed by atoms with van der Waals surface area (Å²) in [5.74, 6) is -0.589. The van der Waals surface area contributed by atoms with Gasteiger partial charge in [-0.15, -0.1) is 0 Å². The number of carbonyl (C=O) groups is 1. The van der Waals surface area contributed by atoms with Crippen molar-refractivity contribution in [1.29, 1.82) is 0 Å². The SMILES string of the molecule is COC(=O)C1=Cc2cccc(C(F)(F)F)c2C1. The maximum atomic E-state index is 12.7. The lowest BCUT2D eigenvalue weighted by Gasteiger charge is -2.11. The van der Waals surface area contributed by atoms with Gasteiger partial charge in [0, 0.05) is 12.0 Å². The smallest absolute Gasteiger partial charge is 0.416 e. The molecule has 0 bridgehead atoms. The number of hydrogen-bond donors (Lipinski definition) is 0. The van der Waals surface area contributed by atoms with E-state index in [0.29, 0.717) is 5.56 Å². The van der Waals surface area contributed by atoms with Gasteiger partial charge in [0.15, 0.2) is 0 Å². The Morgan fingerprint density at radius 1 is 1.35 bits per heavy atom. The monoisotopic (exact) mass is 242 g/mol. The molecule has 0 radical (unpaired) electrons. The molecule has 0 N–H and O–H groups in total. The Morgan fingerprint density at radius 3 is 2.65 bits per heavy atom. The predicted octanol–water partition coefficient (Wildman–Crippen LogP) is 2.82. The summed E-state index contributed by atoms with van der Waals surface area (Å²) >= 11 is 0. The number of fused-ring (bicyclic) bond motifs is 1. The van der Waals surface area contributed by atoms with E-state index in [9.17, 15) is 18.0 Å². The zero-order chi connectivity index (χ0) is 12.6. The minimum atomic E-state index is -4.40. The molecule has 0 unspecified atom stereocenters. The second-order valence-corrected chi connectivity index (χ2v) is 3.71. The van der Waals surface area contributed by atoms with Crippen molar-refractivity contribution in [2.45, 2.75) is 12.6 Å². The number of methoxy groups -OCH3 is 1. The van der Waals surface area contributed by atoms with E-state index in [-0.39, 0.29) is 17.6 Å². The average molecular weight is 242 g/mol. The first-order chi connectivity index (χ1) is 7.93. The van der Waals surface area contributed by atoms with E-state index in [1.807, 2.05) is 0 Å². The van der Waals surface area contributed by atoms with Gasteiger partial charge in [-0.05, 0) is 23.3 Å². The molecule has 0 heterocycles. The summed E-state index contributed by atoms with van der Waals surface area (Å²) in [7, 11) is 1.21. The fourth-order valence-electron chi connectivity index (χ4n) is 1.89. The van der Waals surface area contributed by atoms with E-state index >= 15 is 0 Å². The van der Waals surface area contributed by atoms with Crippen molar-refractivity contribution in [3.05, 3.63) is 40.5 Å². The van der Waals surface area contributed by atoms with E-state index in [4.69, 9.17) is 0 Å². The number of esters is 1. The molecule has 0 saturated heterocycles. The highest BCUT2D eigenvalue weighted by molar-refractivity contribution is 5.96. The lowest BCUT2D eigenvalue weighted by Crippen LogP contribution is -2.10. The molecule has 0 atom stereocenters. The number of rotatable bonds is 1. The lowest BCUT2D eigenvalue weighted by atomic mass is 10.0. The van der Waals surface area contributed by atoms with Gasteiger partial charge in [0.1, 0.15) is 0 Å². The van der Waals surface area contributed by atoms with Gasteiger partial charge in [0.2, 0.25) is 0 Å². The quantitative estimate of drug-likeness (QED) is 0.708. The highest BCUT2D eigenvalue weighted by atomic mass is 19.4. The van der Waals surface area contributed by atoms with E-state index in [2.05, 4.69) is 4.74 Å². The van der Waals surface area contributed by atoms with Crippen LogP contribution < -0.4 is 0 Å².